The fraction of sp³-hybridized carbons (Fsp3) is 0.440. The van der Waals surface area contributed by atoms with E-state index in [0.717, 1.165) is 49.9 Å². The van der Waals surface area contributed by atoms with Crippen molar-refractivity contribution in [3.05, 3.63) is 62.4 Å². The Labute approximate surface area is 203 Å². The van der Waals surface area contributed by atoms with E-state index in [4.69, 9.17) is 32.7 Å². The van der Waals surface area contributed by atoms with E-state index >= 15 is 0 Å². The molecule has 4 rings (SSSR count). The van der Waals surface area contributed by atoms with Crippen LogP contribution in [0.5, 0.6) is 5.75 Å². The molecule has 0 N–H and O–H groups in total. The third kappa shape index (κ3) is 5.60. The topological polar surface area (TPSA) is 62.6 Å². The minimum Gasteiger partial charge on any atom is -0.493 e. The molecule has 0 atom stereocenters. The van der Waals surface area contributed by atoms with Gasteiger partial charge in [0.2, 0.25) is 0 Å². The Morgan fingerprint density at radius 3 is 2.55 bits per heavy atom. The molecule has 2 fully saturated rings. The maximum atomic E-state index is 14.5. The van der Waals surface area contributed by atoms with E-state index in [0.29, 0.717) is 46.3 Å². The molecule has 1 aliphatic heterocycles. The predicted octanol–water partition coefficient (Wildman–Crippen LogP) is 5.96. The van der Waals surface area contributed by atoms with E-state index in [-0.39, 0.29) is 5.56 Å². The van der Waals surface area contributed by atoms with Gasteiger partial charge in [-0.2, -0.15) is 5.26 Å². The van der Waals surface area contributed by atoms with Crippen molar-refractivity contribution >= 4 is 29.2 Å². The summed E-state index contributed by atoms with van der Waals surface area (Å²) in [7, 11) is 1.25. The number of methoxy groups -OCH3 is 1. The van der Waals surface area contributed by atoms with E-state index in [2.05, 4.69) is 11.0 Å². The van der Waals surface area contributed by atoms with Crippen molar-refractivity contribution in [1.29, 1.82) is 5.26 Å². The summed E-state index contributed by atoms with van der Waals surface area (Å²) < 4.78 is 25.2. The number of piperidine rings is 1. The molecule has 0 aromatic heterocycles. The first-order valence-electron chi connectivity index (χ1n) is 11.0. The van der Waals surface area contributed by atoms with Crippen LogP contribution in [-0.4, -0.2) is 37.7 Å². The van der Waals surface area contributed by atoms with Gasteiger partial charge in [0, 0.05) is 17.6 Å². The van der Waals surface area contributed by atoms with Crippen molar-refractivity contribution < 1.29 is 18.7 Å². The van der Waals surface area contributed by atoms with Gasteiger partial charge in [-0.05, 0) is 79.9 Å². The molecule has 0 bridgehead atoms. The Balaban J connectivity index is 1.36. The Morgan fingerprint density at radius 1 is 1.18 bits per heavy atom. The normalized spacial score (nSPS) is 16.9. The SMILES string of the molecule is COC(=O)c1cc(C2CC2)c(OCC2CCN(Cc3cc(Cl)cc(Cl)c3C#N)CC2)cc1F. The fourth-order valence-corrected chi connectivity index (χ4v) is 4.89. The van der Waals surface area contributed by atoms with Crippen LogP contribution in [0.25, 0.3) is 0 Å². The Morgan fingerprint density at radius 2 is 1.91 bits per heavy atom. The molecule has 2 aromatic rings. The van der Waals surface area contributed by atoms with Crippen LogP contribution in [0, 0.1) is 23.1 Å². The van der Waals surface area contributed by atoms with Gasteiger partial charge in [0.05, 0.1) is 29.9 Å². The van der Waals surface area contributed by atoms with Crippen LogP contribution in [0.3, 0.4) is 0 Å². The highest BCUT2D eigenvalue weighted by Gasteiger charge is 2.30. The van der Waals surface area contributed by atoms with Gasteiger partial charge in [0.15, 0.2) is 0 Å². The molecular weight excluding hydrogens is 466 g/mol. The molecule has 2 aromatic carbocycles. The van der Waals surface area contributed by atoms with E-state index < -0.39 is 11.8 Å². The summed E-state index contributed by atoms with van der Waals surface area (Å²) in [6.45, 7) is 2.82. The number of halogens is 3. The molecule has 0 radical (unpaired) electrons. The van der Waals surface area contributed by atoms with Gasteiger partial charge in [-0.3, -0.25) is 4.90 Å². The summed E-state index contributed by atoms with van der Waals surface area (Å²) in [6.07, 6.45) is 3.88. The Bertz CT molecular complexity index is 1090. The fourth-order valence-electron chi connectivity index (χ4n) is 4.31. The third-order valence-corrected chi connectivity index (χ3v) is 6.86. The number of hydrogen-bond acceptors (Lipinski definition) is 5. The first kappa shape index (κ1) is 23.8. The quantitative estimate of drug-likeness (QED) is 0.448. The van der Waals surface area contributed by atoms with Crippen LogP contribution in [-0.2, 0) is 11.3 Å². The number of rotatable bonds is 7. The second-order valence-electron chi connectivity index (χ2n) is 8.70. The number of nitrogens with zero attached hydrogens (tertiary/aromatic N) is 2. The van der Waals surface area contributed by atoms with Gasteiger partial charge < -0.3 is 9.47 Å². The second-order valence-corrected chi connectivity index (χ2v) is 9.54. The minimum atomic E-state index is -0.672. The molecule has 1 heterocycles. The summed E-state index contributed by atoms with van der Waals surface area (Å²) in [5.41, 5.74) is 2.14. The average Bonchev–Trinajstić information content (AvgIpc) is 3.63. The molecular formula is C25H25Cl2FN2O3. The highest BCUT2D eigenvalue weighted by molar-refractivity contribution is 6.35. The van der Waals surface area contributed by atoms with Gasteiger partial charge in [-0.1, -0.05) is 23.2 Å². The van der Waals surface area contributed by atoms with Crippen LogP contribution < -0.4 is 4.74 Å². The Hall–Kier alpha value is -2.33. The third-order valence-electron chi connectivity index (χ3n) is 6.35. The predicted molar refractivity (Wildman–Crippen MR) is 124 cm³/mol. The summed E-state index contributed by atoms with van der Waals surface area (Å²) in [4.78, 5) is 14.1. The summed E-state index contributed by atoms with van der Waals surface area (Å²) in [5, 5.41) is 10.3. The number of likely N-dealkylation sites (tertiary alicyclic amines) is 1. The molecule has 1 aliphatic carbocycles. The zero-order chi connectivity index (χ0) is 23.5. The molecule has 5 nitrogen and oxygen atoms in total. The highest BCUT2D eigenvalue weighted by atomic mass is 35.5. The van der Waals surface area contributed by atoms with E-state index in [1.807, 2.05) is 0 Å². The van der Waals surface area contributed by atoms with Crippen LogP contribution in [0.4, 0.5) is 4.39 Å². The summed E-state index contributed by atoms with van der Waals surface area (Å²) >= 11 is 12.3. The highest BCUT2D eigenvalue weighted by Crippen LogP contribution is 2.45. The first-order chi connectivity index (χ1) is 15.9. The van der Waals surface area contributed by atoms with Crippen molar-refractivity contribution in [3.63, 3.8) is 0 Å². The lowest BCUT2D eigenvalue weighted by Crippen LogP contribution is -2.35. The number of ether oxygens (including phenoxy) is 2. The molecule has 0 spiro atoms. The lowest BCUT2D eigenvalue weighted by atomic mass is 9.96. The van der Waals surface area contributed by atoms with Crippen LogP contribution >= 0.6 is 23.2 Å². The molecule has 0 amide bonds. The van der Waals surface area contributed by atoms with Gasteiger partial charge in [0.25, 0.3) is 0 Å². The monoisotopic (exact) mass is 490 g/mol. The maximum absolute atomic E-state index is 14.5. The molecule has 8 heteroatoms. The van der Waals surface area contributed by atoms with E-state index in [9.17, 15) is 14.4 Å². The molecule has 2 aliphatic rings. The van der Waals surface area contributed by atoms with Crippen molar-refractivity contribution in [3.8, 4) is 11.8 Å². The van der Waals surface area contributed by atoms with Gasteiger partial charge in [-0.15, -0.1) is 0 Å². The number of esters is 1. The van der Waals surface area contributed by atoms with Crippen LogP contribution in [0.15, 0.2) is 24.3 Å². The molecule has 1 saturated heterocycles. The standard InChI is InChI=1S/C25H25Cl2FN2O3/c1-32-25(31)20-10-19(16-2-3-16)24(11-23(20)28)33-14-15-4-6-30(7-5-15)13-17-8-18(26)9-22(27)21(17)12-29/h8-11,15-16H,2-7,13-14H2,1H3. The largest absolute Gasteiger partial charge is 0.493 e. The van der Waals surface area contributed by atoms with Crippen LogP contribution in [0.2, 0.25) is 10.0 Å². The molecule has 1 saturated carbocycles. The van der Waals surface area contributed by atoms with Crippen molar-refractivity contribution in [2.45, 2.75) is 38.1 Å². The van der Waals surface area contributed by atoms with Gasteiger partial charge in [-0.25, -0.2) is 9.18 Å². The number of benzene rings is 2. The summed E-state index contributed by atoms with van der Waals surface area (Å²) in [5.74, 6) is -0.115. The van der Waals surface area contributed by atoms with Gasteiger partial charge in [0.1, 0.15) is 17.6 Å². The van der Waals surface area contributed by atoms with Crippen molar-refractivity contribution in [1.82, 2.24) is 4.90 Å². The number of nitriles is 1. The number of carbonyl (C=O) groups excluding carboxylic acids is 1. The smallest absolute Gasteiger partial charge is 0.340 e. The molecule has 174 valence electrons. The average molecular weight is 491 g/mol. The second kappa shape index (κ2) is 10.3. The maximum Gasteiger partial charge on any atom is 0.340 e. The Kier molecular flexibility index (Phi) is 7.43. The number of hydrogen-bond donors (Lipinski definition) is 0. The van der Waals surface area contributed by atoms with E-state index in [1.165, 1.54) is 13.2 Å². The molecule has 0 unspecified atom stereocenters. The van der Waals surface area contributed by atoms with Gasteiger partial charge >= 0.3 is 5.97 Å². The van der Waals surface area contributed by atoms with Crippen LogP contribution in [0.1, 0.15) is 58.6 Å². The number of carbonyl (C=O) groups is 1. The van der Waals surface area contributed by atoms with Crippen molar-refractivity contribution in [2.24, 2.45) is 5.92 Å². The first-order valence-corrected chi connectivity index (χ1v) is 11.8. The minimum absolute atomic E-state index is 0.0436. The lowest BCUT2D eigenvalue weighted by molar-refractivity contribution is 0.0595. The van der Waals surface area contributed by atoms with E-state index in [1.54, 1.807) is 18.2 Å². The zero-order valence-corrected chi connectivity index (χ0v) is 19.9. The van der Waals surface area contributed by atoms with Crippen molar-refractivity contribution in [2.75, 3.05) is 26.8 Å². The zero-order valence-electron chi connectivity index (χ0n) is 18.4. The summed E-state index contributed by atoms with van der Waals surface area (Å²) in [6, 6.07) is 8.46. The molecule has 33 heavy (non-hydrogen) atoms. The lowest BCUT2D eigenvalue weighted by Gasteiger charge is -2.32.